The van der Waals surface area contributed by atoms with Gasteiger partial charge in [-0.05, 0) is 35.4 Å². The molecule has 1 saturated heterocycles. The normalized spacial score (nSPS) is 16.7. The van der Waals surface area contributed by atoms with Gasteiger partial charge in [-0.25, -0.2) is 0 Å². The van der Waals surface area contributed by atoms with Crippen molar-refractivity contribution in [3.8, 4) is 0 Å². The fraction of sp³-hybridized carbons (Fsp3) is 0.333. The summed E-state index contributed by atoms with van der Waals surface area (Å²) < 4.78 is 0. The zero-order valence-corrected chi connectivity index (χ0v) is 15.1. The summed E-state index contributed by atoms with van der Waals surface area (Å²) in [5.41, 5.74) is 2.41. The molecule has 122 valence electrons. The van der Waals surface area contributed by atoms with Crippen LogP contribution in [0.15, 0.2) is 42.5 Å². The van der Waals surface area contributed by atoms with Crippen LogP contribution in [-0.4, -0.2) is 36.0 Å². The molecule has 0 saturated carbocycles. The topological polar surface area (TPSA) is 6.48 Å². The summed E-state index contributed by atoms with van der Waals surface area (Å²) in [5, 5.41) is 2.24. The van der Waals surface area contributed by atoms with Crippen molar-refractivity contribution < 1.29 is 0 Å². The van der Waals surface area contributed by atoms with E-state index in [4.69, 9.17) is 34.8 Å². The SMILES string of the molecule is Clc1cccc(CN2CCN(Cc3ccc(Cl)cc3Cl)CC2)c1. The van der Waals surface area contributed by atoms with Crippen LogP contribution in [0.25, 0.3) is 0 Å². The molecule has 1 fully saturated rings. The highest BCUT2D eigenvalue weighted by molar-refractivity contribution is 6.35. The van der Waals surface area contributed by atoms with Gasteiger partial charge in [-0.1, -0.05) is 53.0 Å². The smallest absolute Gasteiger partial charge is 0.0465 e. The van der Waals surface area contributed by atoms with Crippen molar-refractivity contribution in [2.75, 3.05) is 26.2 Å². The van der Waals surface area contributed by atoms with Crippen molar-refractivity contribution in [2.24, 2.45) is 0 Å². The Morgan fingerprint density at radius 3 is 2.04 bits per heavy atom. The Kier molecular flexibility index (Phi) is 5.84. The van der Waals surface area contributed by atoms with E-state index in [2.05, 4.69) is 15.9 Å². The highest BCUT2D eigenvalue weighted by Gasteiger charge is 2.18. The maximum Gasteiger partial charge on any atom is 0.0465 e. The minimum Gasteiger partial charge on any atom is -0.297 e. The molecule has 1 aliphatic rings. The summed E-state index contributed by atoms with van der Waals surface area (Å²) in [6, 6.07) is 13.8. The molecule has 5 heteroatoms. The highest BCUT2D eigenvalue weighted by atomic mass is 35.5. The van der Waals surface area contributed by atoms with Gasteiger partial charge < -0.3 is 0 Å². The van der Waals surface area contributed by atoms with E-state index in [1.807, 2.05) is 36.4 Å². The molecular weight excluding hydrogens is 351 g/mol. The molecular formula is C18H19Cl3N2. The molecule has 1 heterocycles. The van der Waals surface area contributed by atoms with E-state index >= 15 is 0 Å². The number of piperazine rings is 1. The van der Waals surface area contributed by atoms with Gasteiger partial charge in [-0.2, -0.15) is 0 Å². The van der Waals surface area contributed by atoms with Gasteiger partial charge in [0.1, 0.15) is 0 Å². The average Bonchev–Trinajstić information content (AvgIpc) is 2.52. The fourth-order valence-electron chi connectivity index (χ4n) is 2.89. The Balaban J connectivity index is 1.52. The average molecular weight is 370 g/mol. The Labute approximate surface area is 152 Å². The van der Waals surface area contributed by atoms with Crippen LogP contribution in [0.1, 0.15) is 11.1 Å². The van der Waals surface area contributed by atoms with E-state index in [9.17, 15) is 0 Å². The summed E-state index contributed by atoms with van der Waals surface area (Å²) in [7, 11) is 0. The van der Waals surface area contributed by atoms with Crippen LogP contribution >= 0.6 is 34.8 Å². The minimum atomic E-state index is 0.685. The molecule has 0 atom stereocenters. The molecule has 3 rings (SSSR count). The van der Waals surface area contributed by atoms with E-state index < -0.39 is 0 Å². The van der Waals surface area contributed by atoms with E-state index in [1.165, 1.54) is 5.56 Å². The van der Waals surface area contributed by atoms with Crippen molar-refractivity contribution >= 4 is 34.8 Å². The number of nitrogens with zero attached hydrogens (tertiary/aromatic N) is 2. The second-order valence-electron chi connectivity index (χ2n) is 5.92. The molecule has 0 N–H and O–H groups in total. The maximum absolute atomic E-state index is 6.27. The zero-order chi connectivity index (χ0) is 16.2. The summed E-state index contributed by atoms with van der Waals surface area (Å²) in [6.07, 6.45) is 0. The first-order valence-corrected chi connectivity index (χ1v) is 8.86. The first-order valence-electron chi connectivity index (χ1n) is 7.73. The lowest BCUT2D eigenvalue weighted by Crippen LogP contribution is -2.45. The van der Waals surface area contributed by atoms with E-state index in [-0.39, 0.29) is 0 Å². The third kappa shape index (κ3) is 4.85. The summed E-state index contributed by atoms with van der Waals surface area (Å²) in [6.45, 7) is 6.02. The van der Waals surface area contributed by atoms with E-state index in [0.717, 1.165) is 54.9 Å². The molecule has 2 aromatic rings. The lowest BCUT2D eigenvalue weighted by Gasteiger charge is -2.35. The highest BCUT2D eigenvalue weighted by Crippen LogP contribution is 2.23. The molecule has 0 bridgehead atoms. The molecule has 2 aromatic carbocycles. The van der Waals surface area contributed by atoms with Crippen LogP contribution in [0.3, 0.4) is 0 Å². The Morgan fingerprint density at radius 2 is 1.39 bits per heavy atom. The quantitative estimate of drug-likeness (QED) is 0.751. The fourth-order valence-corrected chi connectivity index (χ4v) is 3.57. The van der Waals surface area contributed by atoms with Crippen LogP contribution in [0.5, 0.6) is 0 Å². The second kappa shape index (κ2) is 7.87. The van der Waals surface area contributed by atoms with Gasteiger partial charge >= 0.3 is 0 Å². The van der Waals surface area contributed by atoms with Crippen LogP contribution in [0.2, 0.25) is 15.1 Å². The standard InChI is InChI=1S/C18H19Cl3N2/c19-16-3-1-2-14(10-16)12-22-6-8-23(9-7-22)13-15-4-5-17(20)11-18(15)21/h1-5,10-11H,6-9,12-13H2. The Hall–Kier alpha value is -0.770. The van der Waals surface area contributed by atoms with Crippen molar-refractivity contribution in [2.45, 2.75) is 13.1 Å². The van der Waals surface area contributed by atoms with Crippen molar-refractivity contribution in [3.05, 3.63) is 68.7 Å². The van der Waals surface area contributed by atoms with Gasteiger partial charge in [-0.3, -0.25) is 9.80 Å². The van der Waals surface area contributed by atoms with Gasteiger partial charge in [0.05, 0.1) is 0 Å². The first-order chi connectivity index (χ1) is 11.1. The van der Waals surface area contributed by atoms with Gasteiger partial charge in [0, 0.05) is 54.3 Å². The second-order valence-corrected chi connectivity index (χ2v) is 7.20. The van der Waals surface area contributed by atoms with Gasteiger partial charge in [-0.15, -0.1) is 0 Å². The number of benzene rings is 2. The summed E-state index contributed by atoms with van der Waals surface area (Å²) in [5.74, 6) is 0. The lowest BCUT2D eigenvalue weighted by atomic mass is 10.1. The van der Waals surface area contributed by atoms with Gasteiger partial charge in [0.2, 0.25) is 0 Å². The molecule has 0 aromatic heterocycles. The predicted molar refractivity (Wildman–Crippen MR) is 98.5 cm³/mol. The van der Waals surface area contributed by atoms with Crippen molar-refractivity contribution in [3.63, 3.8) is 0 Å². The molecule has 1 aliphatic heterocycles. The molecule has 0 unspecified atom stereocenters. The van der Waals surface area contributed by atoms with Crippen LogP contribution in [0, 0.1) is 0 Å². The van der Waals surface area contributed by atoms with Gasteiger partial charge in [0.15, 0.2) is 0 Å². The maximum atomic E-state index is 6.27. The molecule has 2 nitrogen and oxygen atoms in total. The largest absolute Gasteiger partial charge is 0.297 e. The molecule has 0 spiro atoms. The number of rotatable bonds is 4. The summed E-state index contributed by atoms with van der Waals surface area (Å²) in [4.78, 5) is 4.90. The summed E-state index contributed by atoms with van der Waals surface area (Å²) >= 11 is 18.3. The third-order valence-corrected chi connectivity index (χ3v) is 4.99. The zero-order valence-electron chi connectivity index (χ0n) is 12.8. The minimum absolute atomic E-state index is 0.685. The lowest BCUT2D eigenvalue weighted by molar-refractivity contribution is 0.122. The number of hydrogen-bond acceptors (Lipinski definition) is 2. The Bertz CT molecular complexity index is 667. The van der Waals surface area contributed by atoms with Crippen LogP contribution < -0.4 is 0 Å². The van der Waals surface area contributed by atoms with Crippen LogP contribution in [0.4, 0.5) is 0 Å². The Morgan fingerprint density at radius 1 is 0.739 bits per heavy atom. The van der Waals surface area contributed by atoms with Crippen molar-refractivity contribution in [1.82, 2.24) is 9.80 Å². The predicted octanol–water partition coefficient (Wildman–Crippen LogP) is 4.96. The molecule has 23 heavy (non-hydrogen) atoms. The number of halogens is 3. The third-order valence-electron chi connectivity index (χ3n) is 4.17. The molecule has 0 aliphatic carbocycles. The van der Waals surface area contributed by atoms with Crippen molar-refractivity contribution in [1.29, 1.82) is 0 Å². The molecule has 0 amide bonds. The van der Waals surface area contributed by atoms with E-state index in [1.54, 1.807) is 0 Å². The van der Waals surface area contributed by atoms with Crippen LogP contribution in [-0.2, 0) is 13.1 Å². The van der Waals surface area contributed by atoms with Gasteiger partial charge in [0.25, 0.3) is 0 Å². The molecule has 0 radical (unpaired) electrons. The monoisotopic (exact) mass is 368 g/mol. The number of hydrogen-bond donors (Lipinski definition) is 0. The van der Waals surface area contributed by atoms with E-state index in [0.29, 0.717) is 5.02 Å². The first kappa shape index (κ1) is 17.1.